The van der Waals surface area contributed by atoms with Gasteiger partial charge in [0.25, 0.3) is 0 Å². The number of hydrogen-bond acceptors (Lipinski definition) is 2. The van der Waals surface area contributed by atoms with E-state index >= 15 is 0 Å². The zero-order valence-corrected chi connectivity index (χ0v) is 8.04. The zero-order valence-electron chi connectivity index (χ0n) is 8.04. The lowest BCUT2D eigenvalue weighted by Gasteiger charge is -2.06. The van der Waals surface area contributed by atoms with Crippen LogP contribution in [0.1, 0.15) is 24.2 Å². The topological polar surface area (TPSA) is 21.8 Å². The van der Waals surface area contributed by atoms with Crippen molar-refractivity contribution in [3.05, 3.63) is 29.3 Å². The van der Waals surface area contributed by atoms with Crippen molar-refractivity contribution in [2.24, 2.45) is 0 Å². The van der Waals surface area contributed by atoms with Gasteiger partial charge < -0.3 is 9.47 Å². The summed E-state index contributed by atoms with van der Waals surface area (Å²) in [5, 5.41) is 0. The Morgan fingerprint density at radius 2 is 2.31 bits per heavy atom. The molecule has 1 aromatic rings. The summed E-state index contributed by atoms with van der Waals surface area (Å²) in [6.45, 7) is 5.68. The molecule has 0 bridgehead atoms. The number of hydrogen-bond donors (Lipinski definition) is 0. The molecule has 0 amide bonds. The zero-order chi connectivity index (χ0) is 9.26. The maximum absolute atomic E-state index is 5.40. The van der Waals surface area contributed by atoms with E-state index in [9.17, 15) is 0 Å². The predicted molar refractivity (Wildman–Crippen MR) is 51.0 cm³/mol. The van der Waals surface area contributed by atoms with Gasteiger partial charge >= 0.3 is 0 Å². The quantitative estimate of drug-likeness (QED) is 0.663. The third-order valence-electron chi connectivity index (χ3n) is 2.23. The fourth-order valence-electron chi connectivity index (χ4n) is 1.49. The van der Waals surface area contributed by atoms with E-state index in [1.807, 2.05) is 13.0 Å². The van der Waals surface area contributed by atoms with Gasteiger partial charge in [-0.25, -0.2) is 0 Å². The Morgan fingerprint density at radius 3 is 2.85 bits per heavy atom. The fraction of sp³-hybridized carbons (Fsp3) is 0.455. The number of benzene rings is 1. The molecule has 2 rings (SSSR count). The summed E-state index contributed by atoms with van der Waals surface area (Å²) in [5.74, 6) is 0.949. The van der Waals surface area contributed by atoms with Crippen LogP contribution in [0.4, 0.5) is 0 Å². The maximum atomic E-state index is 5.40. The van der Waals surface area contributed by atoms with Crippen molar-refractivity contribution in [2.45, 2.75) is 20.0 Å². The van der Waals surface area contributed by atoms with Gasteiger partial charge in [-0.15, -0.1) is 0 Å². The molecule has 1 aliphatic heterocycles. The highest BCUT2D eigenvalue weighted by Gasteiger charge is 2.26. The standard InChI is InChI=1S/C11H14O2/c1-3-12-9-4-5-10(8(2)6-9)11-7-13-11/h4-6,11H,3,7H2,1-2H3/t11-/m1/s1. The van der Waals surface area contributed by atoms with Crippen LogP contribution in [0.5, 0.6) is 5.75 Å². The highest BCUT2D eigenvalue weighted by molar-refractivity contribution is 5.37. The van der Waals surface area contributed by atoms with Crippen LogP contribution in [0.2, 0.25) is 0 Å². The number of rotatable bonds is 3. The third kappa shape index (κ3) is 1.83. The van der Waals surface area contributed by atoms with Crippen LogP contribution >= 0.6 is 0 Å². The number of epoxide rings is 1. The molecule has 0 aromatic heterocycles. The first-order valence-electron chi connectivity index (χ1n) is 4.66. The van der Waals surface area contributed by atoms with Gasteiger partial charge in [-0.05, 0) is 37.1 Å². The molecule has 70 valence electrons. The maximum Gasteiger partial charge on any atom is 0.119 e. The average Bonchev–Trinajstić information content (AvgIpc) is 2.88. The Labute approximate surface area is 78.5 Å². The van der Waals surface area contributed by atoms with Crippen LogP contribution < -0.4 is 4.74 Å². The van der Waals surface area contributed by atoms with E-state index in [0.717, 1.165) is 19.0 Å². The van der Waals surface area contributed by atoms with E-state index in [0.29, 0.717) is 6.10 Å². The summed E-state index contributed by atoms with van der Waals surface area (Å²) < 4.78 is 10.6. The lowest BCUT2D eigenvalue weighted by atomic mass is 10.1. The molecule has 0 radical (unpaired) electrons. The van der Waals surface area contributed by atoms with Crippen molar-refractivity contribution in [2.75, 3.05) is 13.2 Å². The third-order valence-corrected chi connectivity index (χ3v) is 2.23. The van der Waals surface area contributed by atoms with Gasteiger partial charge in [0.05, 0.1) is 13.2 Å². The van der Waals surface area contributed by atoms with E-state index in [2.05, 4.69) is 19.1 Å². The molecule has 1 atom stereocenters. The van der Waals surface area contributed by atoms with Crippen LogP contribution in [-0.4, -0.2) is 13.2 Å². The highest BCUT2D eigenvalue weighted by Crippen LogP contribution is 2.33. The first-order valence-corrected chi connectivity index (χ1v) is 4.66. The molecule has 1 saturated heterocycles. The molecule has 1 aromatic carbocycles. The van der Waals surface area contributed by atoms with E-state index in [1.165, 1.54) is 11.1 Å². The lowest BCUT2D eigenvalue weighted by molar-refractivity contribution is 0.339. The highest BCUT2D eigenvalue weighted by atomic mass is 16.6. The van der Waals surface area contributed by atoms with Gasteiger partial charge in [0, 0.05) is 0 Å². The molecule has 1 heterocycles. The van der Waals surface area contributed by atoms with Crippen LogP contribution in [0.15, 0.2) is 18.2 Å². The van der Waals surface area contributed by atoms with Crippen molar-refractivity contribution < 1.29 is 9.47 Å². The second kappa shape index (κ2) is 3.38. The van der Waals surface area contributed by atoms with Crippen molar-refractivity contribution in [3.63, 3.8) is 0 Å². The van der Waals surface area contributed by atoms with Crippen LogP contribution in [0.3, 0.4) is 0 Å². The molecule has 2 nitrogen and oxygen atoms in total. The van der Waals surface area contributed by atoms with Crippen LogP contribution in [0, 0.1) is 6.92 Å². The first kappa shape index (κ1) is 8.57. The Hall–Kier alpha value is -1.02. The van der Waals surface area contributed by atoms with E-state index in [-0.39, 0.29) is 0 Å². The SMILES string of the molecule is CCOc1ccc([C@H]2CO2)c(C)c1. The Morgan fingerprint density at radius 1 is 1.54 bits per heavy atom. The molecule has 1 fully saturated rings. The molecule has 0 aliphatic carbocycles. The van der Waals surface area contributed by atoms with Crippen molar-refractivity contribution >= 4 is 0 Å². The monoisotopic (exact) mass is 178 g/mol. The minimum Gasteiger partial charge on any atom is -0.494 e. The lowest BCUT2D eigenvalue weighted by Crippen LogP contribution is -1.93. The Kier molecular flexibility index (Phi) is 2.23. The molecular weight excluding hydrogens is 164 g/mol. The number of aryl methyl sites for hydroxylation is 1. The van der Waals surface area contributed by atoms with Gasteiger partial charge in [0.15, 0.2) is 0 Å². The van der Waals surface area contributed by atoms with Gasteiger partial charge in [-0.1, -0.05) is 6.07 Å². The normalized spacial score (nSPS) is 20.0. The molecule has 1 aliphatic rings. The minimum absolute atomic E-state index is 0.343. The fourth-order valence-corrected chi connectivity index (χ4v) is 1.49. The molecular formula is C11H14O2. The van der Waals surface area contributed by atoms with Crippen molar-refractivity contribution in [1.29, 1.82) is 0 Å². The first-order chi connectivity index (χ1) is 6.31. The predicted octanol–water partition coefficient (Wildman–Crippen LogP) is 2.47. The summed E-state index contributed by atoms with van der Waals surface area (Å²) in [5.41, 5.74) is 2.55. The van der Waals surface area contributed by atoms with Crippen molar-refractivity contribution in [1.82, 2.24) is 0 Å². The summed E-state index contributed by atoms with van der Waals surface area (Å²) >= 11 is 0. The van der Waals surface area contributed by atoms with Gasteiger partial charge in [0.2, 0.25) is 0 Å². The van der Waals surface area contributed by atoms with Gasteiger partial charge in [0.1, 0.15) is 11.9 Å². The molecule has 0 N–H and O–H groups in total. The second-order valence-corrected chi connectivity index (χ2v) is 3.27. The molecule has 2 heteroatoms. The molecule has 0 spiro atoms. The summed E-state index contributed by atoms with van der Waals surface area (Å²) in [6, 6.07) is 6.17. The Balaban J connectivity index is 2.21. The Bertz CT molecular complexity index is 303. The molecule has 0 saturated carbocycles. The largest absolute Gasteiger partial charge is 0.494 e. The second-order valence-electron chi connectivity index (χ2n) is 3.27. The van der Waals surface area contributed by atoms with Crippen LogP contribution in [0.25, 0.3) is 0 Å². The van der Waals surface area contributed by atoms with E-state index < -0.39 is 0 Å². The van der Waals surface area contributed by atoms with E-state index in [4.69, 9.17) is 9.47 Å². The van der Waals surface area contributed by atoms with Gasteiger partial charge in [-0.3, -0.25) is 0 Å². The smallest absolute Gasteiger partial charge is 0.119 e. The van der Waals surface area contributed by atoms with Crippen LogP contribution in [-0.2, 0) is 4.74 Å². The minimum atomic E-state index is 0.343. The summed E-state index contributed by atoms with van der Waals surface area (Å²) in [4.78, 5) is 0. The van der Waals surface area contributed by atoms with Gasteiger partial charge in [-0.2, -0.15) is 0 Å². The average molecular weight is 178 g/mol. The molecule has 0 unspecified atom stereocenters. The summed E-state index contributed by atoms with van der Waals surface area (Å²) in [6.07, 6.45) is 0.343. The number of ether oxygens (including phenoxy) is 2. The molecule has 13 heavy (non-hydrogen) atoms. The van der Waals surface area contributed by atoms with E-state index in [1.54, 1.807) is 0 Å². The van der Waals surface area contributed by atoms with Crippen molar-refractivity contribution in [3.8, 4) is 5.75 Å². The summed E-state index contributed by atoms with van der Waals surface area (Å²) in [7, 11) is 0.